The van der Waals surface area contributed by atoms with Gasteiger partial charge in [0.2, 0.25) is 11.8 Å². The van der Waals surface area contributed by atoms with Crippen molar-refractivity contribution in [3.8, 4) is 0 Å². The zero-order valence-electron chi connectivity index (χ0n) is 13.6. The fourth-order valence-corrected chi connectivity index (χ4v) is 3.87. The number of hydrogen-bond donors (Lipinski definition) is 1. The number of thioether (sulfide) groups is 1. The Kier molecular flexibility index (Phi) is 5.86. The third kappa shape index (κ3) is 4.58. The summed E-state index contributed by atoms with van der Waals surface area (Å²) in [5.41, 5.74) is 6.85. The molecule has 3 rings (SSSR count). The minimum absolute atomic E-state index is 0.0275. The summed E-state index contributed by atoms with van der Waals surface area (Å²) in [5.74, 6) is -0.702. The average Bonchev–Trinajstić information content (AvgIpc) is 2.87. The Labute approximate surface area is 165 Å². The summed E-state index contributed by atoms with van der Waals surface area (Å²) in [6, 6.07) is 14.2. The van der Waals surface area contributed by atoms with Crippen LogP contribution in [0.5, 0.6) is 0 Å². The second-order valence-electron chi connectivity index (χ2n) is 5.70. The molecule has 0 radical (unpaired) electrons. The van der Waals surface area contributed by atoms with Crippen LogP contribution in [0.4, 0.5) is 5.69 Å². The molecule has 1 saturated heterocycles. The van der Waals surface area contributed by atoms with Gasteiger partial charge < -0.3 is 5.73 Å². The third-order valence-electron chi connectivity index (χ3n) is 3.71. The van der Waals surface area contributed by atoms with Crippen molar-refractivity contribution in [1.82, 2.24) is 4.90 Å². The fourth-order valence-electron chi connectivity index (χ4n) is 2.45. The van der Waals surface area contributed by atoms with Gasteiger partial charge in [-0.05, 0) is 42.0 Å². The Morgan fingerprint density at radius 3 is 2.23 bits per heavy atom. The molecule has 0 aromatic heterocycles. The Balaban J connectivity index is 1.89. The topological polar surface area (TPSA) is 75.8 Å². The van der Waals surface area contributed by atoms with Gasteiger partial charge in [0, 0.05) is 16.5 Å². The first kappa shape index (κ1) is 18.8. The maximum atomic E-state index is 12.7. The molecule has 2 aromatic rings. The molecule has 2 N–H and O–H groups in total. The standard InChI is InChI=1S/C18H15Cl2N3O2S/c19-12-3-1-11(2-4-12)10-23-17(25)15(9-16(21)24)26-18(23)22-14-7-5-13(20)6-8-14/h1-8,15H,9-10H2,(H2,21,24). The fraction of sp³-hybridized carbons (Fsp3) is 0.167. The highest BCUT2D eigenvalue weighted by Crippen LogP contribution is 2.33. The zero-order valence-corrected chi connectivity index (χ0v) is 15.9. The molecule has 2 aromatic carbocycles. The number of halogens is 2. The summed E-state index contributed by atoms with van der Waals surface area (Å²) in [6.45, 7) is 0.338. The van der Waals surface area contributed by atoms with E-state index in [0.29, 0.717) is 27.4 Å². The summed E-state index contributed by atoms with van der Waals surface area (Å²) in [6.07, 6.45) is -0.0275. The van der Waals surface area contributed by atoms with E-state index in [9.17, 15) is 9.59 Å². The van der Waals surface area contributed by atoms with Gasteiger partial charge in [-0.3, -0.25) is 14.5 Å². The van der Waals surface area contributed by atoms with Gasteiger partial charge in [-0.15, -0.1) is 0 Å². The molecule has 2 amide bonds. The maximum Gasteiger partial charge on any atom is 0.242 e. The van der Waals surface area contributed by atoms with Crippen LogP contribution in [-0.4, -0.2) is 27.1 Å². The summed E-state index contributed by atoms with van der Waals surface area (Å²) in [4.78, 5) is 30.1. The molecular weight excluding hydrogens is 393 g/mol. The summed E-state index contributed by atoms with van der Waals surface area (Å²) >= 11 is 13.1. The number of rotatable bonds is 5. The van der Waals surface area contributed by atoms with Gasteiger partial charge >= 0.3 is 0 Å². The molecule has 0 saturated carbocycles. The van der Waals surface area contributed by atoms with E-state index in [-0.39, 0.29) is 12.3 Å². The number of nitrogens with zero attached hydrogens (tertiary/aromatic N) is 2. The van der Waals surface area contributed by atoms with Gasteiger partial charge in [0.25, 0.3) is 0 Å². The highest BCUT2D eigenvalue weighted by molar-refractivity contribution is 8.15. The van der Waals surface area contributed by atoms with Crippen LogP contribution in [0, 0.1) is 0 Å². The maximum absolute atomic E-state index is 12.7. The largest absolute Gasteiger partial charge is 0.370 e. The minimum Gasteiger partial charge on any atom is -0.370 e. The lowest BCUT2D eigenvalue weighted by Gasteiger charge is -2.16. The lowest BCUT2D eigenvalue weighted by Crippen LogP contribution is -2.33. The Morgan fingerprint density at radius 1 is 1.08 bits per heavy atom. The van der Waals surface area contributed by atoms with E-state index in [1.807, 2.05) is 12.1 Å². The van der Waals surface area contributed by atoms with Gasteiger partial charge in [-0.1, -0.05) is 47.1 Å². The van der Waals surface area contributed by atoms with E-state index in [1.54, 1.807) is 41.3 Å². The van der Waals surface area contributed by atoms with Gasteiger partial charge in [0.15, 0.2) is 5.17 Å². The van der Waals surface area contributed by atoms with Crippen molar-refractivity contribution in [3.05, 3.63) is 64.1 Å². The molecule has 1 aliphatic heterocycles. The molecule has 8 heteroatoms. The predicted octanol–water partition coefficient (Wildman–Crippen LogP) is 4.00. The number of benzene rings is 2. The monoisotopic (exact) mass is 407 g/mol. The third-order valence-corrected chi connectivity index (χ3v) is 5.39. The molecule has 134 valence electrons. The normalized spacial score (nSPS) is 18.5. The van der Waals surface area contributed by atoms with Crippen LogP contribution >= 0.6 is 35.0 Å². The van der Waals surface area contributed by atoms with Crippen LogP contribution in [0.2, 0.25) is 10.0 Å². The number of primary amides is 1. The highest BCUT2D eigenvalue weighted by atomic mass is 35.5. The van der Waals surface area contributed by atoms with Crippen LogP contribution in [-0.2, 0) is 16.1 Å². The van der Waals surface area contributed by atoms with Crippen molar-refractivity contribution in [2.45, 2.75) is 18.2 Å². The quantitative estimate of drug-likeness (QED) is 0.813. The zero-order chi connectivity index (χ0) is 18.7. The number of amides is 2. The average molecular weight is 408 g/mol. The Hall–Kier alpha value is -2.02. The summed E-state index contributed by atoms with van der Waals surface area (Å²) < 4.78 is 0. The molecule has 1 unspecified atom stereocenters. The number of carbonyl (C=O) groups excluding carboxylic acids is 2. The van der Waals surface area contributed by atoms with Gasteiger partial charge in [-0.2, -0.15) is 0 Å². The molecule has 0 aliphatic carbocycles. The van der Waals surface area contributed by atoms with Crippen molar-refractivity contribution < 1.29 is 9.59 Å². The van der Waals surface area contributed by atoms with Crippen molar-refractivity contribution >= 4 is 57.6 Å². The Bertz CT molecular complexity index is 854. The van der Waals surface area contributed by atoms with Crippen molar-refractivity contribution in [1.29, 1.82) is 0 Å². The number of hydrogen-bond acceptors (Lipinski definition) is 4. The van der Waals surface area contributed by atoms with Crippen LogP contribution in [0.15, 0.2) is 53.5 Å². The SMILES string of the molecule is NC(=O)CC1SC(=Nc2ccc(Cl)cc2)N(Cc2ccc(Cl)cc2)C1=O. The summed E-state index contributed by atoms with van der Waals surface area (Å²) in [7, 11) is 0. The first-order chi connectivity index (χ1) is 12.4. The first-order valence-electron chi connectivity index (χ1n) is 7.77. The number of amidine groups is 1. The molecule has 5 nitrogen and oxygen atoms in total. The van der Waals surface area contributed by atoms with Crippen molar-refractivity contribution in [2.24, 2.45) is 10.7 Å². The van der Waals surface area contributed by atoms with Gasteiger partial charge in [0.05, 0.1) is 12.2 Å². The van der Waals surface area contributed by atoms with Gasteiger partial charge in [-0.25, -0.2) is 4.99 Å². The second kappa shape index (κ2) is 8.12. The van der Waals surface area contributed by atoms with E-state index < -0.39 is 11.2 Å². The molecule has 1 fully saturated rings. The van der Waals surface area contributed by atoms with Crippen LogP contribution in [0.25, 0.3) is 0 Å². The lowest BCUT2D eigenvalue weighted by molar-refractivity contribution is -0.128. The molecule has 26 heavy (non-hydrogen) atoms. The molecule has 1 heterocycles. The first-order valence-corrected chi connectivity index (χ1v) is 9.41. The predicted molar refractivity (Wildman–Crippen MR) is 106 cm³/mol. The molecule has 0 bridgehead atoms. The highest BCUT2D eigenvalue weighted by Gasteiger charge is 2.38. The molecule has 0 spiro atoms. The second-order valence-corrected chi connectivity index (χ2v) is 7.74. The van der Waals surface area contributed by atoms with Crippen LogP contribution < -0.4 is 5.73 Å². The van der Waals surface area contributed by atoms with Gasteiger partial charge in [0.1, 0.15) is 5.25 Å². The van der Waals surface area contributed by atoms with E-state index in [2.05, 4.69) is 4.99 Å². The number of carbonyl (C=O) groups is 2. The molecular formula is C18H15Cl2N3O2S. The van der Waals surface area contributed by atoms with E-state index in [0.717, 1.165) is 5.56 Å². The number of aliphatic imine (C=N–C) groups is 1. The van der Waals surface area contributed by atoms with E-state index in [4.69, 9.17) is 28.9 Å². The summed E-state index contributed by atoms with van der Waals surface area (Å²) in [5, 5.41) is 1.19. The van der Waals surface area contributed by atoms with Crippen LogP contribution in [0.3, 0.4) is 0 Å². The molecule has 1 atom stereocenters. The van der Waals surface area contributed by atoms with Crippen molar-refractivity contribution in [3.63, 3.8) is 0 Å². The molecule has 1 aliphatic rings. The minimum atomic E-state index is -0.564. The smallest absolute Gasteiger partial charge is 0.242 e. The van der Waals surface area contributed by atoms with Crippen LogP contribution in [0.1, 0.15) is 12.0 Å². The van der Waals surface area contributed by atoms with E-state index >= 15 is 0 Å². The lowest BCUT2D eigenvalue weighted by atomic mass is 10.2. The number of nitrogens with two attached hydrogens (primary N) is 1. The van der Waals surface area contributed by atoms with E-state index in [1.165, 1.54) is 11.8 Å². The van der Waals surface area contributed by atoms with Crippen molar-refractivity contribution in [2.75, 3.05) is 0 Å². The Morgan fingerprint density at radius 2 is 1.65 bits per heavy atom.